The van der Waals surface area contributed by atoms with Gasteiger partial charge in [-0.25, -0.2) is 9.78 Å². The molecule has 1 saturated heterocycles. The molecule has 0 radical (unpaired) electrons. The number of primary amides is 1. The van der Waals surface area contributed by atoms with Crippen LogP contribution in [-0.4, -0.2) is 45.7 Å². The highest BCUT2D eigenvalue weighted by atomic mass is 16.6. The largest absolute Gasteiger partial charge is 0.459 e. The minimum atomic E-state index is -0.935. The zero-order chi connectivity index (χ0) is 22.1. The van der Waals surface area contributed by atoms with Gasteiger partial charge >= 0.3 is 5.97 Å². The summed E-state index contributed by atoms with van der Waals surface area (Å²) in [6, 6.07) is 5.16. The second kappa shape index (κ2) is 8.19. The van der Waals surface area contributed by atoms with Gasteiger partial charge < -0.3 is 25.1 Å². The molecular formula is C20H21N5O6. The van der Waals surface area contributed by atoms with Crippen molar-refractivity contribution < 1.29 is 24.0 Å². The van der Waals surface area contributed by atoms with Crippen LogP contribution >= 0.6 is 0 Å². The highest BCUT2D eigenvalue weighted by molar-refractivity contribution is 5.98. The lowest BCUT2D eigenvalue weighted by molar-refractivity contribution is -0.385. The summed E-state index contributed by atoms with van der Waals surface area (Å²) in [6.45, 7) is 2.34. The second-order valence-corrected chi connectivity index (χ2v) is 7.33. The first-order valence-electron chi connectivity index (χ1n) is 9.75. The monoisotopic (exact) mass is 427 g/mol. The van der Waals surface area contributed by atoms with E-state index in [1.807, 2.05) is 0 Å². The number of nitrogens with zero attached hydrogens (tertiary/aromatic N) is 3. The Balaban J connectivity index is 1.79. The van der Waals surface area contributed by atoms with E-state index in [4.69, 9.17) is 15.2 Å². The fourth-order valence-corrected chi connectivity index (χ4v) is 3.93. The van der Waals surface area contributed by atoms with E-state index in [1.54, 1.807) is 25.1 Å². The molecule has 11 heteroatoms. The third-order valence-corrected chi connectivity index (χ3v) is 5.36. The van der Waals surface area contributed by atoms with Gasteiger partial charge in [-0.1, -0.05) is 12.1 Å². The number of para-hydroxylation sites is 1. The lowest BCUT2D eigenvalue weighted by atomic mass is 9.93. The highest BCUT2D eigenvalue weighted by Gasteiger charge is 2.38. The fraction of sp³-hybridized carbons (Fsp3) is 0.350. The lowest BCUT2D eigenvalue weighted by Crippen LogP contribution is -2.31. The number of anilines is 1. The van der Waals surface area contributed by atoms with E-state index in [-0.39, 0.29) is 41.0 Å². The highest BCUT2D eigenvalue weighted by Crippen LogP contribution is 2.41. The minimum Gasteiger partial charge on any atom is -0.459 e. The predicted molar refractivity (Wildman–Crippen MR) is 108 cm³/mol. The van der Waals surface area contributed by atoms with Crippen molar-refractivity contribution in [1.82, 2.24) is 9.55 Å². The molecule has 0 spiro atoms. The van der Waals surface area contributed by atoms with Gasteiger partial charge in [-0.15, -0.1) is 0 Å². The zero-order valence-corrected chi connectivity index (χ0v) is 16.7. The summed E-state index contributed by atoms with van der Waals surface area (Å²) in [5.41, 5.74) is 6.03. The zero-order valence-electron chi connectivity index (χ0n) is 16.7. The second-order valence-electron chi connectivity index (χ2n) is 7.33. The summed E-state index contributed by atoms with van der Waals surface area (Å²) in [7, 11) is 0. The minimum absolute atomic E-state index is 0.0327. The molecular weight excluding hydrogens is 406 g/mol. The Morgan fingerprint density at radius 3 is 2.87 bits per heavy atom. The topological polar surface area (TPSA) is 152 Å². The van der Waals surface area contributed by atoms with E-state index in [2.05, 4.69) is 10.3 Å². The third-order valence-electron chi connectivity index (χ3n) is 5.36. The van der Waals surface area contributed by atoms with E-state index in [0.29, 0.717) is 12.3 Å². The summed E-state index contributed by atoms with van der Waals surface area (Å²) >= 11 is 0. The van der Waals surface area contributed by atoms with Crippen LogP contribution in [0.3, 0.4) is 0 Å². The number of imidazole rings is 1. The molecule has 2 aliphatic rings. The van der Waals surface area contributed by atoms with Gasteiger partial charge in [-0.2, -0.15) is 0 Å². The normalized spacial score (nSPS) is 20.2. The van der Waals surface area contributed by atoms with Crippen molar-refractivity contribution in [3.05, 3.63) is 63.2 Å². The summed E-state index contributed by atoms with van der Waals surface area (Å²) in [4.78, 5) is 40.1. The summed E-state index contributed by atoms with van der Waals surface area (Å²) < 4.78 is 12.5. The lowest BCUT2D eigenvalue weighted by Gasteiger charge is -2.30. The van der Waals surface area contributed by atoms with E-state index in [9.17, 15) is 19.7 Å². The summed E-state index contributed by atoms with van der Waals surface area (Å²) in [5.74, 6) is -1.15. The Morgan fingerprint density at radius 1 is 1.42 bits per heavy atom. The molecule has 31 heavy (non-hydrogen) atoms. The quantitative estimate of drug-likeness (QED) is 0.403. The smallest absolute Gasteiger partial charge is 0.338 e. The van der Waals surface area contributed by atoms with Crippen LogP contribution in [0.15, 0.2) is 41.9 Å². The van der Waals surface area contributed by atoms with Gasteiger partial charge in [0.15, 0.2) is 5.69 Å². The first-order valence-corrected chi connectivity index (χ1v) is 9.75. The molecule has 4 rings (SSSR count). The van der Waals surface area contributed by atoms with Gasteiger partial charge in [0.25, 0.3) is 11.6 Å². The Bertz CT molecular complexity index is 1090. The van der Waals surface area contributed by atoms with E-state index >= 15 is 0 Å². The van der Waals surface area contributed by atoms with Gasteiger partial charge in [0, 0.05) is 18.4 Å². The number of fused-ring (bicyclic) bond motifs is 1. The molecule has 2 aliphatic heterocycles. The van der Waals surface area contributed by atoms with Crippen LogP contribution in [0.2, 0.25) is 0 Å². The van der Waals surface area contributed by atoms with Gasteiger partial charge in [0.1, 0.15) is 18.5 Å². The number of allylic oxidation sites excluding steroid dienone is 1. The number of carbonyl (C=O) groups is 2. The van der Waals surface area contributed by atoms with E-state index < -0.39 is 22.8 Å². The van der Waals surface area contributed by atoms with Crippen LogP contribution in [0.25, 0.3) is 0 Å². The number of amides is 1. The Labute approximate surface area is 177 Å². The average molecular weight is 427 g/mol. The van der Waals surface area contributed by atoms with E-state index in [1.165, 1.54) is 17.0 Å². The molecule has 3 heterocycles. The number of nitrogens with one attached hydrogen (secondary N) is 1. The molecule has 162 valence electrons. The number of nitro benzene ring substituents is 1. The molecule has 2 aromatic rings. The molecule has 0 unspecified atom stereocenters. The fourth-order valence-electron chi connectivity index (χ4n) is 3.93. The van der Waals surface area contributed by atoms with Crippen LogP contribution in [0, 0.1) is 10.1 Å². The summed E-state index contributed by atoms with van der Waals surface area (Å²) in [6.07, 6.45) is 2.85. The first-order chi connectivity index (χ1) is 14.9. The van der Waals surface area contributed by atoms with Gasteiger partial charge in [0.05, 0.1) is 28.5 Å². The Morgan fingerprint density at radius 2 is 2.19 bits per heavy atom. The summed E-state index contributed by atoms with van der Waals surface area (Å²) in [5, 5.41) is 14.7. The number of hydrogen-bond donors (Lipinski definition) is 2. The molecule has 0 bridgehead atoms. The van der Waals surface area contributed by atoms with E-state index in [0.717, 1.165) is 12.8 Å². The number of rotatable bonds is 6. The van der Waals surface area contributed by atoms with Crippen molar-refractivity contribution >= 4 is 23.4 Å². The predicted octanol–water partition coefficient (Wildman–Crippen LogP) is 1.90. The van der Waals surface area contributed by atoms with Crippen molar-refractivity contribution in [3.63, 3.8) is 0 Å². The molecule has 2 atom stereocenters. The Kier molecular flexibility index (Phi) is 5.42. The number of benzene rings is 1. The van der Waals surface area contributed by atoms with Crippen LogP contribution in [0.1, 0.15) is 41.9 Å². The molecule has 0 saturated carbocycles. The number of nitro groups is 1. The van der Waals surface area contributed by atoms with Crippen LogP contribution in [-0.2, 0) is 14.3 Å². The molecule has 0 aliphatic carbocycles. The van der Waals surface area contributed by atoms with Crippen LogP contribution in [0.5, 0.6) is 0 Å². The number of hydrogen-bond acceptors (Lipinski definition) is 8. The maximum atomic E-state index is 13.1. The van der Waals surface area contributed by atoms with Gasteiger partial charge in [-0.05, 0) is 25.8 Å². The van der Waals surface area contributed by atoms with Crippen molar-refractivity contribution in [1.29, 1.82) is 0 Å². The first kappa shape index (κ1) is 20.5. The molecule has 1 aromatic carbocycles. The van der Waals surface area contributed by atoms with Gasteiger partial charge in [-0.3, -0.25) is 14.9 Å². The molecule has 11 nitrogen and oxygen atoms in total. The van der Waals surface area contributed by atoms with Crippen molar-refractivity contribution in [2.75, 3.05) is 18.5 Å². The Hall–Kier alpha value is -3.73. The van der Waals surface area contributed by atoms with Crippen LogP contribution in [0.4, 0.5) is 11.5 Å². The molecule has 3 N–H and O–H groups in total. The standard InChI is InChI=1S/C20H21N5O6/c1-11-15(20(27)31-9-12-5-4-8-30-12)17(13-6-2-3-7-14(13)25(28)29)24-10-22-16(18(21)26)19(24)23-11/h2-3,6-7,10,12,17,23H,4-5,8-9H2,1H3,(H2,21,26)/t12-,17-/m1/s1. The number of carbonyl (C=O) groups excluding carboxylic acids is 2. The third kappa shape index (κ3) is 3.75. The van der Waals surface area contributed by atoms with Crippen molar-refractivity contribution in [2.45, 2.75) is 31.9 Å². The van der Waals surface area contributed by atoms with Gasteiger partial charge in [0.2, 0.25) is 0 Å². The molecule has 1 fully saturated rings. The number of esters is 1. The SMILES string of the molecule is CC1=C(C(=O)OC[C@H]2CCCO2)[C@@H](c2ccccc2[N+](=O)[O-])n2cnc(C(N)=O)c2N1. The van der Waals surface area contributed by atoms with Crippen LogP contribution < -0.4 is 11.1 Å². The molecule has 1 amide bonds. The average Bonchev–Trinajstić information content (AvgIpc) is 3.40. The number of nitrogens with two attached hydrogens (primary N) is 1. The molecule has 1 aromatic heterocycles. The maximum absolute atomic E-state index is 13.1. The van der Waals surface area contributed by atoms with Crippen molar-refractivity contribution in [3.8, 4) is 0 Å². The maximum Gasteiger partial charge on any atom is 0.338 e. The number of aromatic nitrogens is 2. The van der Waals surface area contributed by atoms with Crippen molar-refractivity contribution in [2.24, 2.45) is 5.73 Å². The number of ether oxygens (including phenoxy) is 2.